The minimum absolute atomic E-state index is 0.720. The van der Waals surface area contributed by atoms with E-state index in [4.69, 9.17) is 5.73 Å². The van der Waals surface area contributed by atoms with Crippen LogP contribution in [0.25, 0.3) is 11.3 Å². The standard InChI is InChI=1S/C12H16N4/c1-3-6-16-8-15-11(12(16)13)10-7-14-5-4-9(10)2/h4-5,7-8H,3,6,13H2,1-2H3. The Balaban J connectivity index is 2.45. The maximum absolute atomic E-state index is 6.06. The number of hydrogen-bond acceptors (Lipinski definition) is 3. The summed E-state index contributed by atoms with van der Waals surface area (Å²) in [6.07, 6.45) is 6.43. The third kappa shape index (κ3) is 1.78. The average molecular weight is 216 g/mol. The summed E-state index contributed by atoms with van der Waals surface area (Å²) in [6.45, 7) is 5.06. The van der Waals surface area contributed by atoms with Crippen molar-refractivity contribution in [1.82, 2.24) is 14.5 Å². The second-order valence-corrected chi connectivity index (χ2v) is 3.86. The molecule has 16 heavy (non-hydrogen) atoms. The number of nitrogens with two attached hydrogens (primary N) is 1. The fourth-order valence-corrected chi connectivity index (χ4v) is 1.73. The Hall–Kier alpha value is -1.84. The maximum atomic E-state index is 6.06. The van der Waals surface area contributed by atoms with Crippen LogP contribution in [-0.4, -0.2) is 14.5 Å². The van der Waals surface area contributed by atoms with Gasteiger partial charge in [-0.05, 0) is 25.0 Å². The molecule has 2 aromatic rings. The van der Waals surface area contributed by atoms with Crippen LogP contribution in [0.5, 0.6) is 0 Å². The topological polar surface area (TPSA) is 56.7 Å². The normalized spacial score (nSPS) is 10.6. The average Bonchev–Trinajstić information content (AvgIpc) is 2.62. The van der Waals surface area contributed by atoms with Crippen molar-refractivity contribution < 1.29 is 0 Å². The van der Waals surface area contributed by atoms with Crippen molar-refractivity contribution in [3.63, 3.8) is 0 Å². The van der Waals surface area contributed by atoms with E-state index in [0.717, 1.165) is 35.6 Å². The minimum atomic E-state index is 0.720. The van der Waals surface area contributed by atoms with Crippen LogP contribution >= 0.6 is 0 Å². The minimum Gasteiger partial charge on any atom is -0.383 e. The van der Waals surface area contributed by atoms with Crippen LogP contribution in [0.1, 0.15) is 18.9 Å². The van der Waals surface area contributed by atoms with Crippen LogP contribution in [0.4, 0.5) is 5.82 Å². The zero-order valence-electron chi connectivity index (χ0n) is 9.64. The van der Waals surface area contributed by atoms with Gasteiger partial charge in [0.25, 0.3) is 0 Å². The van der Waals surface area contributed by atoms with Crippen molar-refractivity contribution in [2.24, 2.45) is 0 Å². The van der Waals surface area contributed by atoms with Gasteiger partial charge in [0.2, 0.25) is 0 Å². The fourth-order valence-electron chi connectivity index (χ4n) is 1.73. The van der Waals surface area contributed by atoms with Gasteiger partial charge in [0, 0.05) is 24.5 Å². The Kier molecular flexibility index (Phi) is 2.90. The molecule has 2 rings (SSSR count). The van der Waals surface area contributed by atoms with Gasteiger partial charge in [-0.25, -0.2) is 4.98 Å². The first-order chi connectivity index (χ1) is 7.74. The van der Waals surface area contributed by atoms with E-state index in [1.54, 1.807) is 12.5 Å². The van der Waals surface area contributed by atoms with Crippen LogP contribution in [0, 0.1) is 6.92 Å². The summed E-state index contributed by atoms with van der Waals surface area (Å²) < 4.78 is 1.97. The quantitative estimate of drug-likeness (QED) is 0.856. The Morgan fingerprint density at radius 1 is 1.44 bits per heavy atom. The van der Waals surface area contributed by atoms with Crippen molar-refractivity contribution in [2.75, 3.05) is 5.73 Å². The molecule has 0 spiro atoms. The Bertz CT molecular complexity index is 488. The number of hydrogen-bond donors (Lipinski definition) is 1. The highest BCUT2D eigenvalue weighted by Gasteiger charge is 2.11. The molecule has 0 fully saturated rings. The highest BCUT2D eigenvalue weighted by molar-refractivity contribution is 5.72. The highest BCUT2D eigenvalue weighted by atomic mass is 15.1. The Morgan fingerprint density at radius 3 is 2.94 bits per heavy atom. The molecule has 0 aliphatic rings. The SMILES string of the molecule is CCCn1cnc(-c2cnccc2C)c1N. The van der Waals surface area contributed by atoms with Crippen LogP contribution in [-0.2, 0) is 6.54 Å². The van der Waals surface area contributed by atoms with Gasteiger partial charge in [-0.2, -0.15) is 0 Å². The number of aryl methyl sites for hydroxylation is 2. The molecule has 0 amide bonds. The number of nitrogen functional groups attached to an aromatic ring is 1. The molecular weight excluding hydrogens is 200 g/mol. The van der Waals surface area contributed by atoms with Gasteiger partial charge in [0.15, 0.2) is 0 Å². The lowest BCUT2D eigenvalue weighted by molar-refractivity contribution is 0.686. The summed E-state index contributed by atoms with van der Waals surface area (Å²) in [5.74, 6) is 0.720. The number of nitrogens with zero attached hydrogens (tertiary/aromatic N) is 3. The molecule has 2 heterocycles. The van der Waals surface area contributed by atoms with Crippen LogP contribution in [0.2, 0.25) is 0 Å². The molecule has 4 heteroatoms. The molecule has 0 saturated heterocycles. The third-order valence-electron chi connectivity index (χ3n) is 2.64. The van der Waals surface area contributed by atoms with Gasteiger partial charge >= 0.3 is 0 Å². The van der Waals surface area contributed by atoms with E-state index in [-0.39, 0.29) is 0 Å². The summed E-state index contributed by atoms with van der Waals surface area (Å²) in [4.78, 5) is 8.48. The van der Waals surface area contributed by atoms with Gasteiger partial charge < -0.3 is 10.3 Å². The van der Waals surface area contributed by atoms with Gasteiger partial charge in [-0.3, -0.25) is 4.98 Å². The van der Waals surface area contributed by atoms with E-state index in [2.05, 4.69) is 16.9 Å². The Morgan fingerprint density at radius 2 is 2.25 bits per heavy atom. The van der Waals surface area contributed by atoms with Crippen molar-refractivity contribution in [3.05, 3.63) is 30.4 Å². The van der Waals surface area contributed by atoms with E-state index in [1.807, 2.05) is 23.8 Å². The molecule has 84 valence electrons. The van der Waals surface area contributed by atoms with Gasteiger partial charge in [-0.1, -0.05) is 6.92 Å². The molecule has 0 bridgehead atoms. The van der Waals surface area contributed by atoms with E-state index >= 15 is 0 Å². The zero-order valence-corrected chi connectivity index (χ0v) is 9.64. The maximum Gasteiger partial charge on any atom is 0.131 e. The van der Waals surface area contributed by atoms with Crippen molar-refractivity contribution >= 4 is 5.82 Å². The molecule has 0 radical (unpaired) electrons. The monoisotopic (exact) mass is 216 g/mol. The van der Waals surface area contributed by atoms with Crippen molar-refractivity contribution in [1.29, 1.82) is 0 Å². The van der Waals surface area contributed by atoms with Gasteiger partial charge in [0.1, 0.15) is 11.5 Å². The second-order valence-electron chi connectivity index (χ2n) is 3.86. The number of aromatic nitrogens is 3. The van der Waals surface area contributed by atoms with E-state index in [1.165, 1.54) is 0 Å². The molecule has 0 atom stereocenters. The molecule has 0 unspecified atom stereocenters. The highest BCUT2D eigenvalue weighted by Crippen LogP contribution is 2.26. The number of rotatable bonds is 3. The lowest BCUT2D eigenvalue weighted by atomic mass is 10.1. The molecule has 4 nitrogen and oxygen atoms in total. The summed E-state index contributed by atoms with van der Waals surface area (Å²) >= 11 is 0. The number of imidazole rings is 1. The van der Waals surface area contributed by atoms with Crippen LogP contribution in [0.3, 0.4) is 0 Å². The van der Waals surface area contributed by atoms with Gasteiger partial charge in [0.05, 0.1) is 6.33 Å². The van der Waals surface area contributed by atoms with Crippen molar-refractivity contribution in [3.8, 4) is 11.3 Å². The largest absolute Gasteiger partial charge is 0.383 e. The summed E-state index contributed by atoms with van der Waals surface area (Å²) in [7, 11) is 0. The van der Waals surface area contributed by atoms with Crippen LogP contribution in [0.15, 0.2) is 24.8 Å². The predicted octanol–water partition coefficient (Wildman–Crippen LogP) is 2.25. The first-order valence-corrected chi connectivity index (χ1v) is 5.45. The molecule has 0 aromatic carbocycles. The first kappa shape index (κ1) is 10.7. The Labute approximate surface area is 95.1 Å². The first-order valence-electron chi connectivity index (χ1n) is 5.45. The fraction of sp³-hybridized carbons (Fsp3) is 0.333. The molecule has 0 aliphatic carbocycles. The molecule has 0 saturated carbocycles. The number of pyridine rings is 1. The molecule has 0 aliphatic heterocycles. The lowest BCUT2D eigenvalue weighted by Gasteiger charge is -2.05. The summed E-state index contributed by atoms with van der Waals surface area (Å²) in [5.41, 5.74) is 9.05. The van der Waals surface area contributed by atoms with E-state index < -0.39 is 0 Å². The molecular formula is C12H16N4. The zero-order chi connectivity index (χ0) is 11.5. The smallest absolute Gasteiger partial charge is 0.131 e. The summed E-state index contributed by atoms with van der Waals surface area (Å²) in [6, 6.07) is 1.97. The second kappa shape index (κ2) is 4.35. The van der Waals surface area contributed by atoms with E-state index in [0.29, 0.717) is 0 Å². The number of anilines is 1. The van der Waals surface area contributed by atoms with Crippen molar-refractivity contribution in [2.45, 2.75) is 26.8 Å². The van der Waals surface area contributed by atoms with Gasteiger partial charge in [-0.15, -0.1) is 0 Å². The molecule has 2 aromatic heterocycles. The third-order valence-corrected chi connectivity index (χ3v) is 2.64. The van der Waals surface area contributed by atoms with E-state index in [9.17, 15) is 0 Å². The predicted molar refractivity (Wildman–Crippen MR) is 64.9 cm³/mol. The lowest BCUT2D eigenvalue weighted by Crippen LogP contribution is -2.01. The van der Waals surface area contributed by atoms with Crippen LogP contribution < -0.4 is 5.73 Å². The summed E-state index contributed by atoms with van der Waals surface area (Å²) in [5, 5.41) is 0. The molecule has 2 N–H and O–H groups in total.